The van der Waals surface area contributed by atoms with Gasteiger partial charge in [0.2, 0.25) is 0 Å². The first-order valence-corrected chi connectivity index (χ1v) is 5.56. The lowest BCUT2D eigenvalue weighted by Gasteiger charge is -2.07. The lowest BCUT2D eigenvalue weighted by molar-refractivity contribution is 0.102. The standard InChI is InChI=1S/C13H10ClFN2O/c14-10-4-2-1-3-9(10)13(18)17-8-5-6-12(16)11(15)7-8/h1-7H,16H2,(H,17,18). The zero-order valence-electron chi connectivity index (χ0n) is 9.28. The van der Waals surface area contributed by atoms with Crippen LogP contribution in [0.2, 0.25) is 5.02 Å². The molecule has 0 unspecified atom stereocenters. The van der Waals surface area contributed by atoms with Gasteiger partial charge in [0.05, 0.1) is 16.3 Å². The monoisotopic (exact) mass is 264 g/mol. The third-order valence-electron chi connectivity index (χ3n) is 2.38. The van der Waals surface area contributed by atoms with Gasteiger partial charge in [-0.3, -0.25) is 4.79 Å². The van der Waals surface area contributed by atoms with Crippen molar-refractivity contribution in [2.45, 2.75) is 0 Å². The van der Waals surface area contributed by atoms with Gasteiger partial charge in [-0.2, -0.15) is 0 Å². The molecule has 0 radical (unpaired) electrons. The summed E-state index contributed by atoms with van der Waals surface area (Å²) in [6.45, 7) is 0. The Bertz CT molecular complexity index is 601. The van der Waals surface area contributed by atoms with Gasteiger partial charge in [-0.15, -0.1) is 0 Å². The van der Waals surface area contributed by atoms with Crippen molar-refractivity contribution in [2.24, 2.45) is 0 Å². The molecule has 2 rings (SSSR count). The van der Waals surface area contributed by atoms with Crippen LogP contribution in [0.4, 0.5) is 15.8 Å². The number of hydrogen-bond donors (Lipinski definition) is 2. The maximum absolute atomic E-state index is 13.2. The largest absolute Gasteiger partial charge is 0.396 e. The van der Waals surface area contributed by atoms with Gasteiger partial charge in [0.1, 0.15) is 5.82 Å². The number of nitrogens with two attached hydrogens (primary N) is 1. The van der Waals surface area contributed by atoms with Crippen LogP contribution in [0.3, 0.4) is 0 Å². The zero-order valence-corrected chi connectivity index (χ0v) is 10.0. The first-order valence-electron chi connectivity index (χ1n) is 5.19. The fourth-order valence-electron chi connectivity index (χ4n) is 1.45. The van der Waals surface area contributed by atoms with Gasteiger partial charge in [0, 0.05) is 5.69 Å². The summed E-state index contributed by atoms with van der Waals surface area (Å²) in [5.41, 5.74) is 6.03. The summed E-state index contributed by atoms with van der Waals surface area (Å²) in [7, 11) is 0. The number of amides is 1. The molecule has 0 aliphatic carbocycles. The molecule has 3 N–H and O–H groups in total. The lowest BCUT2D eigenvalue weighted by Crippen LogP contribution is -2.12. The zero-order chi connectivity index (χ0) is 13.1. The molecule has 1 amide bonds. The number of carbonyl (C=O) groups excluding carboxylic acids is 1. The van der Waals surface area contributed by atoms with Crippen LogP contribution in [-0.4, -0.2) is 5.91 Å². The van der Waals surface area contributed by atoms with Gasteiger partial charge in [-0.05, 0) is 30.3 Å². The molecular formula is C13H10ClFN2O. The van der Waals surface area contributed by atoms with Gasteiger partial charge >= 0.3 is 0 Å². The molecule has 0 fully saturated rings. The molecule has 0 bridgehead atoms. The minimum Gasteiger partial charge on any atom is -0.396 e. The van der Waals surface area contributed by atoms with E-state index >= 15 is 0 Å². The summed E-state index contributed by atoms with van der Waals surface area (Å²) in [5, 5.41) is 2.89. The van der Waals surface area contributed by atoms with Crippen LogP contribution in [0.1, 0.15) is 10.4 Å². The van der Waals surface area contributed by atoms with E-state index in [2.05, 4.69) is 5.32 Å². The quantitative estimate of drug-likeness (QED) is 0.818. The van der Waals surface area contributed by atoms with Crippen LogP contribution in [0.5, 0.6) is 0 Å². The third kappa shape index (κ3) is 2.60. The minimum absolute atomic E-state index is 0.0331. The first-order chi connectivity index (χ1) is 8.58. The molecule has 0 saturated heterocycles. The number of hydrogen-bond acceptors (Lipinski definition) is 2. The highest BCUT2D eigenvalue weighted by Crippen LogP contribution is 2.19. The van der Waals surface area contributed by atoms with Crippen molar-refractivity contribution in [3.8, 4) is 0 Å². The highest BCUT2D eigenvalue weighted by molar-refractivity contribution is 6.34. The van der Waals surface area contributed by atoms with E-state index in [0.717, 1.165) is 6.07 Å². The molecule has 18 heavy (non-hydrogen) atoms. The summed E-state index contributed by atoms with van der Waals surface area (Å²) < 4.78 is 13.2. The van der Waals surface area contributed by atoms with Gasteiger partial charge in [-0.1, -0.05) is 23.7 Å². The van der Waals surface area contributed by atoms with Crippen LogP contribution in [0, 0.1) is 5.82 Å². The molecule has 5 heteroatoms. The maximum atomic E-state index is 13.2. The molecule has 0 heterocycles. The molecule has 0 saturated carbocycles. The van der Waals surface area contributed by atoms with E-state index in [1.165, 1.54) is 12.1 Å². The smallest absolute Gasteiger partial charge is 0.257 e. The third-order valence-corrected chi connectivity index (χ3v) is 2.71. The van der Waals surface area contributed by atoms with E-state index in [0.29, 0.717) is 16.3 Å². The second kappa shape index (κ2) is 5.06. The Balaban J connectivity index is 2.22. The van der Waals surface area contributed by atoms with E-state index in [1.54, 1.807) is 24.3 Å². The number of anilines is 2. The average Bonchev–Trinajstić information content (AvgIpc) is 2.34. The molecule has 0 aromatic heterocycles. The molecular weight excluding hydrogens is 255 g/mol. The number of nitrogens with one attached hydrogen (secondary N) is 1. The lowest BCUT2D eigenvalue weighted by atomic mass is 10.2. The van der Waals surface area contributed by atoms with Crippen LogP contribution in [0.15, 0.2) is 42.5 Å². The summed E-state index contributed by atoms with van der Waals surface area (Å²) in [5.74, 6) is -0.975. The Labute approximate surface area is 108 Å². The summed E-state index contributed by atoms with van der Waals surface area (Å²) in [6.07, 6.45) is 0. The second-order valence-electron chi connectivity index (χ2n) is 3.67. The maximum Gasteiger partial charge on any atom is 0.257 e. The summed E-state index contributed by atoms with van der Waals surface area (Å²) in [4.78, 5) is 11.9. The number of benzene rings is 2. The van der Waals surface area contributed by atoms with Crippen molar-refractivity contribution in [1.82, 2.24) is 0 Å². The number of halogens is 2. The Morgan fingerprint density at radius 1 is 1.22 bits per heavy atom. The molecule has 2 aromatic rings. The molecule has 0 atom stereocenters. The van der Waals surface area contributed by atoms with Crippen molar-refractivity contribution in [3.63, 3.8) is 0 Å². The molecule has 92 valence electrons. The van der Waals surface area contributed by atoms with E-state index in [4.69, 9.17) is 17.3 Å². The van der Waals surface area contributed by atoms with E-state index in [-0.39, 0.29) is 5.69 Å². The molecule has 0 aliphatic rings. The van der Waals surface area contributed by atoms with Crippen molar-refractivity contribution >= 4 is 28.9 Å². The van der Waals surface area contributed by atoms with Crippen LogP contribution < -0.4 is 11.1 Å². The van der Waals surface area contributed by atoms with E-state index in [9.17, 15) is 9.18 Å². The highest BCUT2D eigenvalue weighted by atomic mass is 35.5. The second-order valence-corrected chi connectivity index (χ2v) is 4.08. The molecule has 3 nitrogen and oxygen atoms in total. The number of nitrogen functional groups attached to an aromatic ring is 1. The SMILES string of the molecule is Nc1ccc(NC(=O)c2ccccc2Cl)cc1F. The fourth-order valence-corrected chi connectivity index (χ4v) is 1.67. The first kappa shape index (κ1) is 12.4. The average molecular weight is 265 g/mol. The van der Waals surface area contributed by atoms with Crippen molar-refractivity contribution < 1.29 is 9.18 Å². The van der Waals surface area contributed by atoms with Gasteiger partial charge < -0.3 is 11.1 Å². The summed E-state index contributed by atoms with van der Waals surface area (Å²) in [6, 6.07) is 10.7. The van der Waals surface area contributed by atoms with Crippen LogP contribution in [0.25, 0.3) is 0 Å². The Morgan fingerprint density at radius 3 is 2.61 bits per heavy atom. The Hall–Kier alpha value is -2.07. The molecule has 0 spiro atoms. The number of carbonyl (C=O) groups is 1. The van der Waals surface area contributed by atoms with Crippen LogP contribution >= 0.6 is 11.6 Å². The minimum atomic E-state index is -0.577. The van der Waals surface area contributed by atoms with Gasteiger partial charge in [0.25, 0.3) is 5.91 Å². The molecule has 2 aromatic carbocycles. The van der Waals surface area contributed by atoms with Gasteiger partial charge in [-0.25, -0.2) is 4.39 Å². The number of rotatable bonds is 2. The summed E-state index contributed by atoms with van der Waals surface area (Å²) >= 11 is 5.89. The highest BCUT2D eigenvalue weighted by Gasteiger charge is 2.10. The fraction of sp³-hybridized carbons (Fsp3) is 0. The predicted molar refractivity (Wildman–Crippen MR) is 70.2 cm³/mol. The topological polar surface area (TPSA) is 55.1 Å². The van der Waals surface area contributed by atoms with E-state index < -0.39 is 11.7 Å². The van der Waals surface area contributed by atoms with Crippen molar-refractivity contribution in [3.05, 3.63) is 58.9 Å². The molecule has 0 aliphatic heterocycles. The van der Waals surface area contributed by atoms with Gasteiger partial charge in [0.15, 0.2) is 0 Å². The van der Waals surface area contributed by atoms with E-state index in [1.807, 2.05) is 0 Å². The van der Waals surface area contributed by atoms with Crippen molar-refractivity contribution in [2.75, 3.05) is 11.1 Å². The Kier molecular flexibility index (Phi) is 3.48. The Morgan fingerprint density at radius 2 is 1.94 bits per heavy atom. The van der Waals surface area contributed by atoms with Crippen LogP contribution in [-0.2, 0) is 0 Å². The normalized spacial score (nSPS) is 10.1. The predicted octanol–water partition coefficient (Wildman–Crippen LogP) is 3.31. The van der Waals surface area contributed by atoms with Crippen molar-refractivity contribution in [1.29, 1.82) is 0 Å².